The van der Waals surface area contributed by atoms with Crippen LogP contribution in [0.4, 0.5) is 18.9 Å². The summed E-state index contributed by atoms with van der Waals surface area (Å²) in [4.78, 5) is 11.9. The molecule has 0 aliphatic heterocycles. The highest BCUT2D eigenvalue weighted by molar-refractivity contribution is 5.97. The van der Waals surface area contributed by atoms with E-state index in [4.69, 9.17) is 5.73 Å². The van der Waals surface area contributed by atoms with Crippen LogP contribution in [0, 0.1) is 0 Å². The van der Waals surface area contributed by atoms with Crippen LogP contribution in [0.3, 0.4) is 0 Å². The molecule has 0 aromatic carbocycles. The molecule has 19 heavy (non-hydrogen) atoms. The summed E-state index contributed by atoms with van der Waals surface area (Å²) in [7, 11) is 0. The predicted molar refractivity (Wildman–Crippen MR) is 62.4 cm³/mol. The van der Waals surface area contributed by atoms with Crippen LogP contribution in [0.15, 0.2) is 6.20 Å². The number of nitrogens with two attached hydrogens (primary N) is 1. The second-order valence-corrected chi connectivity index (χ2v) is 4.70. The van der Waals surface area contributed by atoms with Gasteiger partial charge in [-0.05, 0) is 12.8 Å². The molecule has 1 saturated carbocycles. The number of rotatable bonds is 3. The third-order valence-corrected chi connectivity index (χ3v) is 3.04. The molecule has 106 valence electrons. The Hall–Kier alpha value is -1.73. The maximum atomic E-state index is 12.2. The Bertz CT molecular complexity index is 463. The van der Waals surface area contributed by atoms with Crippen molar-refractivity contribution in [3.8, 4) is 0 Å². The molecule has 3 N–H and O–H groups in total. The first-order chi connectivity index (χ1) is 8.85. The quantitative estimate of drug-likeness (QED) is 0.882. The van der Waals surface area contributed by atoms with Crippen molar-refractivity contribution in [2.24, 2.45) is 0 Å². The van der Waals surface area contributed by atoms with Crippen molar-refractivity contribution in [2.75, 3.05) is 5.73 Å². The van der Waals surface area contributed by atoms with E-state index >= 15 is 0 Å². The van der Waals surface area contributed by atoms with Gasteiger partial charge in [-0.3, -0.25) is 9.48 Å². The van der Waals surface area contributed by atoms with E-state index in [1.165, 1.54) is 0 Å². The molecular formula is C11H15F3N4O. The normalized spacial score (nSPS) is 16.8. The van der Waals surface area contributed by atoms with Crippen LogP contribution >= 0.6 is 0 Å². The zero-order chi connectivity index (χ0) is 14.0. The number of anilines is 1. The van der Waals surface area contributed by atoms with Crippen molar-refractivity contribution in [1.29, 1.82) is 0 Å². The van der Waals surface area contributed by atoms with Crippen molar-refractivity contribution in [2.45, 2.75) is 44.4 Å². The average molecular weight is 276 g/mol. The lowest BCUT2D eigenvalue weighted by molar-refractivity contribution is -0.142. The Balaban J connectivity index is 2.04. The lowest BCUT2D eigenvalue weighted by atomic mass is 10.2. The summed E-state index contributed by atoms with van der Waals surface area (Å²) in [6, 6.07) is 0.0691. The van der Waals surface area contributed by atoms with Gasteiger partial charge in [-0.15, -0.1) is 0 Å². The number of carbonyl (C=O) groups is 1. The number of hydrogen-bond donors (Lipinski definition) is 2. The van der Waals surface area contributed by atoms with Crippen molar-refractivity contribution in [1.82, 2.24) is 15.1 Å². The molecule has 0 atom stereocenters. The van der Waals surface area contributed by atoms with Crippen molar-refractivity contribution in [3.63, 3.8) is 0 Å². The second kappa shape index (κ2) is 5.10. The number of hydrogen-bond acceptors (Lipinski definition) is 3. The first-order valence-electron chi connectivity index (χ1n) is 6.06. The van der Waals surface area contributed by atoms with Gasteiger partial charge >= 0.3 is 6.18 Å². The monoisotopic (exact) mass is 276 g/mol. The number of aromatic nitrogens is 2. The molecule has 1 aliphatic rings. The van der Waals surface area contributed by atoms with E-state index in [2.05, 4.69) is 10.4 Å². The van der Waals surface area contributed by atoms with Crippen molar-refractivity contribution < 1.29 is 18.0 Å². The van der Waals surface area contributed by atoms with E-state index in [-0.39, 0.29) is 17.4 Å². The minimum atomic E-state index is -4.39. The fourth-order valence-corrected chi connectivity index (χ4v) is 2.20. The number of nitrogen functional groups attached to an aromatic ring is 1. The van der Waals surface area contributed by atoms with E-state index in [9.17, 15) is 18.0 Å². The van der Waals surface area contributed by atoms with Crippen LogP contribution in [0.2, 0.25) is 0 Å². The number of carbonyl (C=O) groups excluding carboxylic acids is 1. The highest BCUT2D eigenvalue weighted by Gasteiger charge is 2.30. The minimum absolute atomic E-state index is 0.0419. The van der Waals surface area contributed by atoms with Gasteiger partial charge in [0, 0.05) is 12.2 Å². The number of alkyl halides is 3. The summed E-state index contributed by atoms with van der Waals surface area (Å²) >= 11 is 0. The van der Waals surface area contributed by atoms with Gasteiger partial charge in [-0.25, -0.2) is 0 Å². The highest BCUT2D eigenvalue weighted by Crippen LogP contribution is 2.21. The second-order valence-electron chi connectivity index (χ2n) is 4.70. The molecule has 0 unspecified atom stereocenters. The lowest BCUT2D eigenvalue weighted by Crippen LogP contribution is -2.33. The Morgan fingerprint density at radius 1 is 1.47 bits per heavy atom. The minimum Gasteiger partial charge on any atom is -0.396 e. The van der Waals surface area contributed by atoms with E-state index in [1.54, 1.807) is 0 Å². The third kappa shape index (κ3) is 3.62. The van der Waals surface area contributed by atoms with Crippen LogP contribution in [-0.4, -0.2) is 27.9 Å². The third-order valence-electron chi connectivity index (χ3n) is 3.04. The van der Waals surface area contributed by atoms with Crippen LogP contribution in [0.1, 0.15) is 36.2 Å². The highest BCUT2D eigenvalue weighted by atomic mass is 19.4. The summed E-state index contributed by atoms with van der Waals surface area (Å²) < 4.78 is 37.3. The Morgan fingerprint density at radius 2 is 2.11 bits per heavy atom. The SMILES string of the molecule is Nc1cn(CC(F)(F)F)nc1C(=O)NC1CCCC1. The largest absolute Gasteiger partial charge is 0.408 e. The van der Waals surface area contributed by atoms with Gasteiger partial charge in [0.05, 0.1) is 5.69 Å². The summed E-state index contributed by atoms with van der Waals surface area (Å²) in [5, 5.41) is 6.33. The molecule has 0 bridgehead atoms. The Morgan fingerprint density at radius 3 is 2.68 bits per heavy atom. The first kappa shape index (κ1) is 13.7. The fourth-order valence-electron chi connectivity index (χ4n) is 2.20. The van der Waals surface area contributed by atoms with E-state index in [0.717, 1.165) is 31.9 Å². The number of halogens is 3. The standard InChI is InChI=1S/C11H15F3N4O/c12-11(13,14)6-18-5-8(15)9(17-18)10(19)16-7-3-1-2-4-7/h5,7H,1-4,6,15H2,(H,16,19). The van der Waals surface area contributed by atoms with Crippen LogP contribution in [-0.2, 0) is 6.54 Å². The van der Waals surface area contributed by atoms with E-state index in [0.29, 0.717) is 4.68 Å². The van der Waals surface area contributed by atoms with Crippen molar-refractivity contribution >= 4 is 11.6 Å². The molecule has 8 heteroatoms. The summed E-state index contributed by atoms with van der Waals surface area (Å²) in [6.45, 7) is -1.26. The molecule has 0 saturated heterocycles. The smallest absolute Gasteiger partial charge is 0.396 e. The van der Waals surface area contributed by atoms with Gasteiger partial charge in [-0.2, -0.15) is 18.3 Å². The summed E-state index contributed by atoms with van der Waals surface area (Å²) in [5.41, 5.74) is 5.34. The molecule has 1 fully saturated rings. The molecule has 0 spiro atoms. The Labute approximate surface area is 108 Å². The van der Waals surface area contributed by atoms with Gasteiger partial charge in [0.2, 0.25) is 0 Å². The van der Waals surface area contributed by atoms with Gasteiger partial charge in [0.25, 0.3) is 5.91 Å². The molecular weight excluding hydrogens is 261 g/mol. The predicted octanol–water partition coefficient (Wildman–Crippen LogP) is 1.70. The first-order valence-corrected chi connectivity index (χ1v) is 6.06. The van der Waals surface area contributed by atoms with Gasteiger partial charge in [0.15, 0.2) is 5.69 Å². The maximum absolute atomic E-state index is 12.2. The van der Waals surface area contributed by atoms with E-state index in [1.807, 2.05) is 0 Å². The molecule has 0 radical (unpaired) electrons. The van der Waals surface area contributed by atoms with Gasteiger partial charge < -0.3 is 11.1 Å². The maximum Gasteiger partial charge on any atom is 0.408 e. The number of amides is 1. The Kier molecular flexibility index (Phi) is 3.68. The molecule has 1 amide bonds. The van der Waals surface area contributed by atoms with E-state index < -0.39 is 18.6 Å². The van der Waals surface area contributed by atoms with Crippen LogP contribution in [0.5, 0.6) is 0 Å². The molecule has 1 aromatic rings. The van der Waals surface area contributed by atoms with Gasteiger partial charge in [0.1, 0.15) is 6.54 Å². The molecule has 1 aromatic heterocycles. The van der Waals surface area contributed by atoms with Crippen LogP contribution in [0.25, 0.3) is 0 Å². The number of nitrogens with one attached hydrogen (secondary N) is 1. The van der Waals surface area contributed by atoms with Crippen molar-refractivity contribution in [3.05, 3.63) is 11.9 Å². The topological polar surface area (TPSA) is 72.9 Å². The average Bonchev–Trinajstić information content (AvgIpc) is 2.85. The zero-order valence-electron chi connectivity index (χ0n) is 10.2. The fraction of sp³-hybridized carbons (Fsp3) is 0.636. The molecule has 1 aliphatic carbocycles. The zero-order valence-corrected chi connectivity index (χ0v) is 10.2. The van der Waals surface area contributed by atoms with Gasteiger partial charge in [-0.1, -0.05) is 12.8 Å². The number of nitrogens with zero attached hydrogens (tertiary/aromatic N) is 2. The van der Waals surface area contributed by atoms with Crippen LogP contribution < -0.4 is 11.1 Å². The molecule has 2 rings (SSSR count). The summed E-state index contributed by atoms with van der Waals surface area (Å²) in [6.07, 6.45) is 0.490. The lowest BCUT2D eigenvalue weighted by Gasteiger charge is -2.10. The molecule has 5 nitrogen and oxygen atoms in total. The summed E-state index contributed by atoms with van der Waals surface area (Å²) in [5.74, 6) is -0.509. The molecule has 1 heterocycles.